The first-order chi connectivity index (χ1) is 6.68. The first kappa shape index (κ1) is 9.55. The third-order valence-electron chi connectivity index (χ3n) is 1.86. The highest BCUT2D eigenvalue weighted by Gasteiger charge is 2.09. The molecule has 2 rings (SSSR count). The summed E-state index contributed by atoms with van der Waals surface area (Å²) in [5.41, 5.74) is 7.83. The largest absolute Gasteiger partial charge is 0.394 e. The fourth-order valence-electron chi connectivity index (χ4n) is 1.19. The highest BCUT2D eigenvalue weighted by molar-refractivity contribution is 9.10. The van der Waals surface area contributed by atoms with Crippen molar-refractivity contribution in [2.45, 2.75) is 0 Å². The van der Waals surface area contributed by atoms with Gasteiger partial charge in [-0.1, -0.05) is 39.7 Å². The summed E-state index contributed by atoms with van der Waals surface area (Å²) in [6.07, 6.45) is 0. The van der Waals surface area contributed by atoms with Crippen molar-refractivity contribution in [1.29, 1.82) is 0 Å². The molecule has 0 aliphatic carbocycles. The fraction of sp³-hybridized carbons (Fsp3) is 0. The molecule has 5 heteroatoms. The van der Waals surface area contributed by atoms with Crippen LogP contribution in [-0.2, 0) is 0 Å². The standard InChI is InChI=1S/C9H7BrClN3/c10-6-3-1-2-5(4-6)8-7(12)9(11)14-13-8/h1-4H,12H2,(H,13,14). The molecule has 1 heterocycles. The van der Waals surface area contributed by atoms with Crippen LogP contribution >= 0.6 is 27.5 Å². The second-order valence-corrected chi connectivity index (χ2v) is 4.10. The smallest absolute Gasteiger partial charge is 0.148 e. The molecule has 0 bridgehead atoms. The topological polar surface area (TPSA) is 54.7 Å². The van der Waals surface area contributed by atoms with E-state index in [0.29, 0.717) is 16.5 Å². The molecule has 0 unspecified atom stereocenters. The maximum Gasteiger partial charge on any atom is 0.148 e. The van der Waals surface area contributed by atoms with Gasteiger partial charge in [0.15, 0.2) is 0 Å². The van der Waals surface area contributed by atoms with Gasteiger partial charge in [-0.3, -0.25) is 5.10 Å². The van der Waals surface area contributed by atoms with Crippen LogP contribution in [0.15, 0.2) is 28.7 Å². The van der Waals surface area contributed by atoms with Gasteiger partial charge in [-0.25, -0.2) is 0 Å². The van der Waals surface area contributed by atoms with Gasteiger partial charge in [-0.05, 0) is 12.1 Å². The minimum absolute atomic E-state index is 0.375. The van der Waals surface area contributed by atoms with Gasteiger partial charge >= 0.3 is 0 Å². The summed E-state index contributed by atoms with van der Waals surface area (Å²) < 4.78 is 0.980. The van der Waals surface area contributed by atoms with E-state index in [0.717, 1.165) is 10.0 Å². The molecule has 0 saturated heterocycles. The van der Waals surface area contributed by atoms with E-state index < -0.39 is 0 Å². The summed E-state index contributed by atoms with van der Waals surface area (Å²) in [6, 6.07) is 7.71. The van der Waals surface area contributed by atoms with Crippen LogP contribution in [0.25, 0.3) is 11.3 Å². The number of anilines is 1. The van der Waals surface area contributed by atoms with E-state index in [4.69, 9.17) is 17.3 Å². The molecule has 0 radical (unpaired) electrons. The molecule has 0 amide bonds. The van der Waals surface area contributed by atoms with Crippen molar-refractivity contribution >= 4 is 33.2 Å². The molecule has 0 saturated carbocycles. The summed E-state index contributed by atoms with van der Waals surface area (Å²) in [5, 5.41) is 7.03. The molecule has 14 heavy (non-hydrogen) atoms. The highest BCUT2D eigenvalue weighted by atomic mass is 79.9. The lowest BCUT2D eigenvalue weighted by atomic mass is 10.1. The predicted octanol–water partition coefficient (Wildman–Crippen LogP) is 3.07. The van der Waals surface area contributed by atoms with Crippen LogP contribution in [0.2, 0.25) is 5.15 Å². The van der Waals surface area contributed by atoms with Gasteiger partial charge in [0, 0.05) is 10.0 Å². The Labute approximate surface area is 94.4 Å². The summed E-state index contributed by atoms with van der Waals surface area (Å²) >= 11 is 9.14. The van der Waals surface area contributed by atoms with Crippen LogP contribution in [0.1, 0.15) is 0 Å². The second kappa shape index (κ2) is 3.63. The first-order valence-corrected chi connectivity index (χ1v) is 5.11. The molecule has 0 aliphatic heterocycles. The number of nitrogens with two attached hydrogens (primary N) is 1. The zero-order chi connectivity index (χ0) is 10.1. The van der Waals surface area contributed by atoms with Gasteiger partial charge in [0.05, 0.1) is 5.69 Å². The van der Waals surface area contributed by atoms with Crippen molar-refractivity contribution in [3.63, 3.8) is 0 Å². The number of H-pyrrole nitrogens is 1. The number of hydrogen-bond acceptors (Lipinski definition) is 2. The Morgan fingerprint density at radius 1 is 1.43 bits per heavy atom. The summed E-state index contributed by atoms with van der Waals surface area (Å²) in [7, 11) is 0. The van der Waals surface area contributed by atoms with E-state index in [-0.39, 0.29) is 0 Å². The van der Waals surface area contributed by atoms with Gasteiger partial charge in [0.2, 0.25) is 0 Å². The average Bonchev–Trinajstić information content (AvgIpc) is 2.48. The minimum Gasteiger partial charge on any atom is -0.394 e. The van der Waals surface area contributed by atoms with Crippen molar-refractivity contribution in [3.8, 4) is 11.3 Å². The summed E-state index contributed by atoms with van der Waals surface area (Å²) in [6.45, 7) is 0. The lowest BCUT2D eigenvalue weighted by Crippen LogP contribution is -1.87. The molecule has 0 atom stereocenters. The maximum absolute atomic E-state index is 5.76. The van der Waals surface area contributed by atoms with Crippen molar-refractivity contribution in [2.24, 2.45) is 0 Å². The van der Waals surface area contributed by atoms with E-state index in [1.54, 1.807) is 0 Å². The van der Waals surface area contributed by atoms with Crippen LogP contribution < -0.4 is 5.73 Å². The van der Waals surface area contributed by atoms with Crippen molar-refractivity contribution in [2.75, 3.05) is 5.73 Å². The number of benzene rings is 1. The van der Waals surface area contributed by atoms with Crippen LogP contribution in [0.5, 0.6) is 0 Å². The van der Waals surface area contributed by atoms with E-state index >= 15 is 0 Å². The molecule has 0 fully saturated rings. The van der Waals surface area contributed by atoms with E-state index in [1.165, 1.54) is 0 Å². The predicted molar refractivity (Wildman–Crippen MR) is 61.1 cm³/mol. The quantitative estimate of drug-likeness (QED) is 0.838. The third-order valence-corrected chi connectivity index (χ3v) is 2.64. The molecule has 0 spiro atoms. The summed E-state index contributed by atoms with van der Waals surface area (Å²) in [4.78, 5) is 0. The van der Waals surface area contributed by atoms with Gasteiger partial charge in [-0.2, -0.15) is 5.10 Å². The second-order valence-electron chi connectivity index (χ2n) is 2.81. The summed E-state index contributed by atoms with van der Waals surface area (Å²) in [5.74, 6) is 0. The lowest BCUT2D eigenvalue weighted by Gasteiger charge is -1.98. The number of halogens is 2. The number of hydrogen-bond donors (Lipinski definition) is 2. The van der Waals surface area contributed by atoms with E-state index in [9.17, 15) is 0 Å². The molecule has 2 aromatic rings. The van der Waals surface area contributed by atoms with Gasteiger partial charge in [-0.15, -0.1) is 0 Å². The normalized spacial score (nSPS) is 10.4. The van der Waals surface area contributed by atoms with Crippen molar-refractivity contribution in [1.82, 2.24) is 10.2 Å². The lowest BCUT2D eigenvalue weighted by molar-refractivity contribution is 1.10. The Hall–Kier alpha value is -1.00. The molecule has 1 aromatic carbocycles. The number of aromatic nitrogens is 2. The Bertz CT molecular complexity index is 467. The molecule has 0 aliphatic rings. The Morgan fingerprint density at radius 3 is 2.79 bits per heavy atom. The number of nitrogens with zero attached hydrogens (tertiary/aromatic N) is 1. The Kier molecular flexibility index (Phi) is 2.48. The third kappa shape index (κ3) is 1.63. The molecular formula is C9H7BrClN3. The van der Waals surface area contributed by atoms with Gasteiger partial charge < -0.3 is 5.73 Å². The van der Waals surface area contributed by atoms with Crippen LogP contribution in [0.3, 0.4) is 0 Å². The van der Waals surface area contributed by atoms with Crippen LogP contribution in [-0.4, -0.2) is 10.2 Å². The van der Waals surface area contributed by atoms with Gasteiger partial charge in [0.1, 0.15) is 10.8 Å². The van der Waals surface area contributed by atoms with Crippen molar-refractivity contribution in [3.05, 3.63) is 33.9 Å². The Morgan fingerprint density at radius 2 is 2.21 bits per heavy atom. The zero-order valence-corrected chi connectivity index (χ0v) is 9.43. The monoisotopic (exact) mass is 271 g/mol. The number of rotatable bonds is 1. The van der Waals surface area contributed by atoms with E-state index in [1.807, 2.05) is 24.3 Å². The van der Waals surface area contributed by atoms with Crippen LogP contribution in [0.4, 0.5) is 5.69 Å². The Balaban J connectivity index is 2.55. The van der Waals surface area contributed by atoms with Crippen molar-refractivity contribution < 1.29 is 0 Å². The first-order valence-electron chi connectivity index (χ1n) is 3.94. The fourth-order valence-corrected chi connectivity index (χ4v) is 1.72. The molecule has 72 valence electrons. The minimum atomic E-state index is 0.375. The average molecular weight is 273 g/mol. The number of nitrogen functional groups attached to an aromatic ring is 1. The molecule has 3 nitrogen and oxygen atoms in total. The zero-order valence-electron chi connectivity index (χ0n) is 7.09. The maximum atomic E-state index is 5.76. The molecule has 1 aromatic heterocycles. The molecule has 3 N–H and O–H groups in total. The van der Waals surface area contributed by atoms with Gasteiger partial charge in [0.25, 0.3) is 0 Å². The number of aromatic amines is 1. The van der Waals surface area contributed by atoms with Crippen LogP contribution in [0, 0.1) is 0 Å². The highest BCUT2D eigenvalue weighted by Crippen LogP contribution is 2.29. The SMILES string of the molecule is Nc1c(-c2cccc(Br)c2)n[nH]c1Cl. The molecular weight excluding hydrogens is 265 g/mol. The van der Waals surface area contributed by atoms with E-state index in [2.05, 4.69) is 26.1 Å². The number of nitrogens with one attached hydrogen (secondary N) is 1.